The Morgan fingerprint density at radius 2 is 2.09 bits per heavy atom. The van der Waals surface area contributed by atoms with Crippen molar-refractivity contribution >= 4 is 5.97 Å². The summed E-state index contributed by atoms with van der Waals surface area (Å²) in [4.78, 5) is 10.2. The summed E-state index contributed by atoms with van der Waals surface area (Å²) in [6, 6.07) is 9.04. The maximum atomic E-state index is 10.2. The maximum Gasteiger partial charge on any atom is 2.00 e. The Balaban J connectivity index is 0. The molecule has 3 heteroatoms. The van der Waals surface area contributed by atoms with E-state index in [2.05, 4.69) is 6.07 Å². The van der Waals surface area contributed by atoms with Crippen LogP contribution in [0.5, 0.6) is 0 Å². The van der Waals surface area contributed by atoms with Gasteiger partial charge in [0.2, 0.25) is 5.97 Å². The summed E-state index contributed by atoms with van der Waals surface area (Å²) in [7, 11) is 0. The maximum absolute atomic E-state index is 10.2. The van der Waals surface area contributed by atoms with E-state index in [1.807, 2.05) is 0 Å². The summed E-state index contributed by atoms with van der Waals surface area (Å²) in [5.41, 5.74) is 0.206. The summed E-state index contributed by atoms with van der Waals surface area (Å²) < 4.78 is 0. The van der Waals surface area contributed by atoms with Gasteiger partial charge < -0.3 is 17.3 Å². The number of carboxylic acid groups (broad SMARTS) is 1. The van der Waals surface area contributed by atoms with Crippen molar-refractivity contribution in [1.29, 1.82) is 0 Å². The molecular formula is C8H8O2Ru. The zero-order valence-electron chi connectivity index (χ0n) is 6.02. The van der Waals surface area contributed by atoms with Gasteiger partial charge in [-0.25, -0.2) is 0 Å². The summed E-state index contributed by atoms with van der Waals surface area (Å²) in [6.07, 6.45) is 0. The molecule has 0 bridgehead atoms. The van der Waals surface area contributed by atoms with Crippen molar-refractivity contribution in [3.05, 3.63) is 43.3 Å². The molecule has 1 rings (SSSR count). The molecule has 0 fully saturated rings. The van der Waals surface area contributed by atoms with E-state index in [1.165, 1.54) is 6.07 Å². The minimum absolute atomic E-state index is 0. The average Bonchev–Trinajstić information content (AvgIpc) is 1.90. The van der Waals surface area contributed by atoms with E-state index in [0.29, 0.717) is 0 Å². The van der Waals surface area contributed by atoms with Gasteiger partial charge in [0.05, 0.1) is 0 Å². The molecule has 0 aliphatic carbocycles. The minimum atomic E-state index is -0.935. The number of carbonyl (C=O) groups is 1. The first-order valence-electron chi connectivity index (χ1n) is 2.51. The molecule has 0 amide bonds. The topological polar surface area (TPSA) is 37.3 Å². The van der Waals surface area contributed by atoms with Crippen LogP contribution < -0.4 is 0 Å². The molecule has 0 spiro atoms. The number of benzene rings is 1. The van der Waals surface area contributed by atoms with Gasteiger partial charge in [-0.2, -0.15) is 0 Å². The second-order valence-corrected chi connectivity index (χ2v) is 1.58. The molecule has 2 nitrogen and oxygen atoms in total. The molecule has 0 atom stereocenters. The van der Waals surface area contributed by atoms with Crippen LogP contribution in [-0.2, 0) is 19.5 Å². The van der Waals surface area contributed by atoms with Gasteiger partial charge in [-0.15, -0.1) is 30.3 Å². The number of hydrogen-bond acceptors (Lipinski definition) is 1. The number of carboxylic acids is 1. The fourth-order valence-corrected chi connectivity index (χ4v) is 0.526. The van der Waals surface area contributed by atoms with Crippen LogP contribution in [0.2, 0.25) is 0 Å². The molecule has 0 aliphatic rings. The van der Waals surface area contributed by atoms with Gasteiger partial charge in [0.15, 0.2) is 0 Å². The molecule has 60 valence electrons. The predicted octanol–water partition coefficient (Wildman–Crippen LogP) is 1.63. The third-order valence-corrected chi connectivity index (χ3v) is 0.939. The molecule has 0 saturated heterocycles. The fourth-order valence-electron chi connectivity index (χ4n) is 0.526. The molecule has 0 unspecified atom stereocenters. The molecule has 1 aromatic rings. The van der Waals surface area contributed by atoms with Gasteiger partial charge in [0, 0.05) is 0 Å². The Morgan fingerprint density at radius 1 is 1.45 bits per heavy atom. The first kappa shape index (κ1) is 12.9. The van der Waals surface area contributed by atoms with E-state index in [-0.39, 0.29) is 32.5 Å². The zero-order valence-corrected chi connectivity index (χ0v) is 7.76. The second-order valence-electron chi connectivity index (χ2n) is 1.58. The first-order chi connectivity index (χ1) is 4.30. The monoisotopic (exact) mass is 238 g/mol. The fraction of sp³-hybridized carbons (Fsp3) is 0. The quantitative estimate of drug-likeness (QED) is 0.595. The van der Waals surface area contributed by atoms with Gasteiger partial charge in [-0.1, -0.05) is 5.56 Å². The Labute approximate surface area is 79.0 Å². The first-order valence-corrected chi connectivity index (χ1v) is 2.51. The molecule has 0 heterocycles. The van der Waals surface area contributed by atoms with E-state index in [0.717, 1.165) is 0 Å². The van der Waals surface area contributed by atoms with Gasteiger partial charge in [0.25, 0.3) is 0 Å². The zero-order chi connectivity index (χ0) is 6.69. The molecule has 0 aromatic heterocycles. The van der Waals surface area contributed by atoms with E-state index < -0.39 is 5.97 Å². The van der Waals surface area contributed by atoms with Crippen LogP contribution in [0.25, 0.3) is 0 Å². The molecule has 0 saturated carbocycles. The van der Waals surface area contributed by atoms with Crippen LogP contribution in [0.4, 0.5) is 0 Å². The van der Waals surface area contributed by atoms with Gasteiger partial charge >= 0.3 is 19.5 Å². The molecule has 1 N–H and O–H groups in total. The summed E-state index contributed by atoms with van der Waals surface area (Å²) >= 11 is 0. The van der Waals surface area contributed by atoms with Gasteiger partial charge in [0.1, 0.15) is 0 Å². The standard InChI is InChI=1S/C7H5O2.CH3.Ru/c8-7(9)6-4-2-1-3-5-6;;/h1-4H,(H,8,9);1H3;/q2*-1;+2. The smallest absolute Gasteiger partial charge is 0.521 e. The van der Waals surface area contributed by atoms with Crippen molar-refractivity contribution in [1.82, 2.24) is 0 Å². The summed E-state index contributed by atoms with van der Waals surface area (Å²) in [6.45, 7) is 0. The average molecular weight is 237 g/mol. The van der Waals surface area contributed by atoms with Crippen molar-refractivity contribution in [3.8, 4) is 0 Å². The van der Waals surface area contributed by atoms with Crippen LogP contribution in [0.3, 0.4) is 0 Å². The van der Waals surface area contributed by atoms with Crippen molar-refractivity contribution < 1.29 is 29.4 Å². The van der Waals surface area contributed by atoms with Crippen LogP contribution in [0, 0.1) is 13.5 Å². The van der Waals surface area contributed by atoms with Crippen molar-refractivity contribution in [3.63, 3.8) is 0 Å². The molecule has 0 aliphatic heterocycles. The third kappa shape index (κ3) is 3.89. The van der Waals surface area contributed by atoms with Crippen molar-refractivity contribution in [2.75, 3.05) is 0 Å². The minimum Gasteiger partial charge on any atom is -0.521 e. The van der Waals surface area contributed by atoms with Crippen molar-refractivity contribution in [2.24, 2.45) is 0 Å². The van der Waals surface area contributed by atoms with Crippen LogP contribution in [-0.4, -0.2) is 11.1 Å². The van der Waals surface area contributed by atoms with E-state index >= 15 is 0 Å². The molecule has 11 heavy (non-hydrogen) atoms. The van der Waals surface area contributed by atoms with Gasteiger partial charge in [-0.3, -0.25) is 0 Å². The number of rotatable bonds is 1. The van der Waals surface area contributed by atoms with Crippen LogP contribution in [0.15, 0.2) is 24.3 Å². The molecule has 1 aromatic carbocycles. The van der Waals surface area contributed by atoms with Gasteiger partial charge in [-0.05, 0) is 0 Å². The number of aromatic carboxylic acids is 1. The normalized spacial score (nSPS) is 7.27. The second kappa shape index (κ2) is 6.05. The Kier molecular flexibility index (Phi) is 7.12. The molecule has 0 radical (unpaired) electrons. The Bertz CT molecular complexity index is 209. The summed E-state index contributed by atoms with van der Waals surface area (Å²) in [5, 5.41) is 8.35. The SMILES string of the molecule is O=C(O)c1[c-]cccc1.[CH3-].[Ru+2]. The van der Waals surface area contributed by atoms with Crippen molar-refractivity contribution in [2.45, 2.75) is 0 Å². The van der Waals surface area contributed by atoms with E-state index in [9.17, 15) is 4.79 Å². The van der Waals surface area contributed by atoms with Crippen LogP contribution >= 0.6 is 0 Å². The predicted molar refractivity (Wildman–Crippen MR) is 38.7 cm³/mol. The molecular weight excluding hydrogens is 229 g/mol. The van der Waals surface area contributed by atoms with Crippen LogP contribution in [0.1, 0.15) is 10.4 Å². The largest absolute Gasteiger partial charge is 2.00 e. The summed E-state index contributed by atoms with van der Waals surface area (Å²) in [5.74, 6) is -0.935. The number of hydrogen-bond donors (Lipinski definition) is 1. The van der Waals surface area contributed by atoms with E-state index in [4.69, 9.17) is 5.11 Å². The third-order valence-electron chi connectivity index (χ3n) is 0.939. The Morgan fingerprint density at radius 3 is 2.36 bits per heavy atom. The van der Waals surface area contributed by atoms with E-state index in [1.54, 1.807) is 18.2 Å². The Hall–Kier alpha value is -0.687.